The molecule has 3 aromatic heterocycles. The van der Waals surface area contributed by atoms with E-state index >= 15 is 0 Å². The lowest BCUT2D eigenvalue weighted by atomic mass is 10.3. The predicted octanol–water partition coefficient (Wildman–Crippen LogP) is 1.87. The third kappa shape index (κ3) is 2.97. The number of nitrogens with zero attached hydrogens (tertiary/aromatic N) is 4. The third-order valence-electron chi connectivity index (χ3n) is 3.02. The van der Waals surface area contributed by atoms with Gasteiger partial charge in [0.15, 0.2) is 0 Å². The van der Waals surface area contributed by atoms with E-state index in [0.717, 1.165) is 11.4 Å². The molecular weight excluding hydrogens is 286 g/mol. The van der Waals surface area contributed by atoms with Crippen LogP contribution in [0.25, 0.3) is 11.4 Å². The van der Waals surface area contributed by atoms with Crippen LogP contribution in [-0.4, -0.2) is 25.7 Å². The minimum absolute atomic E-state index is 0.0847. The lowest BCUT2D eigenvalue weighted by Crippen LogP contribution is -2.23. The average Bonchev–Trinajstić information content (AvgIpc) is 3.16. The van der Waals surface area contributed by atoms with E-state index in [4.69, 9.17) is 0 Å². The number of rotatable bonds is 4. The van der Waals surface area contributed by atoms with E-state index in [1.54, 1.807) is 29.3 Å². The van der Waals surface area contributed by atoms with Gasteiger partial charge in [0, 0.05) is 30.4 Å². The van der Waals surface area contributed by atoms with Gasteiger partial charge < -0.3 is 5.32 Å². The number of carbonyl (C=O) groups is 1. The van der Waals surface area contributed by atoms with E-state index in [1.807, 2.05) is 23.9 Å². The van der Waals surface area contributed by atoms with Crippen LogP contribution in [0.3, 0.4) is 0 Å². The summed E-state index contributed by atoms with van der Waals surface area (Å²) in [5.41, 5.74) is 3.03. The number of amides is 1. The van der Waals surface area contributed by atoms with Gasteiger partial charge in [-0.15, -0.1) is 0 Å². The highest BCUT2D eigenvalue weighted by Gasteiger charge is 2.10. The molecule has 1 amide bonds. The summed E-state index contributed by atoms with van der Waals surface area (Å²) in [5, 5.41) is 11.0. The van der Waals surface area contributed by atoms with Crippen molar-refractivity contribution in [2.75, 3.05) is 0 Å². The second-order valence-electron chi connectivity index (χ2n) is 4.43. The van der Waals surface area contributed by atoms with Gasteiger partial charge in [0.2, 0.25) is 0 Å². The standard InChI is InChI=1S/C14H13N5OS/c1-19-11(7-17-14(20)10-2-5-21-9-10)6-12(18-19)13-8-15-3-4-16-13/h2-6,8-9H,7H2,1H3,(H,17,20). The van der Waals surface area contributed by atoms with Gasteiger partial charge in [-0.2, -0.15) is 16.4 Å². The van der Waals surface area contributed by atoms with Crippen molar-refractivity contribution in [1.29, 1.82) is 0 Å². The molecule has 3 rings (SSSR count). The highest BCUT2D eigenvalue weighted by molar-refractivity contribution is 7.08. The average molecular weight is 299 g/mol. The predicted molar refractivity (Wildman–Crippen MR) is 79.7 cm³/mol. The van der Waals surface area contributed by atoms with Crippen molar-refractivity contribution in [3.8, 4) is 11.4 Å². The van der Waals surface area contributed by atoms with Crippen molar-refractivity contribution < 1.29 is 4.79 Å². The summed E-state index contributed by atoms with van der Waals surface area (Å²) in [6.45, 7) is 0.415. The zero-order valence-electron chi connectivity index (χ0n) is 11.4. The van der Waals surface area contributed by atoms with Crippen molar-refractivity contribution in [2.24, 2.45) is 7.05 Å². The third-order valence-corrected chi connectivity index (χ3v) is 3.70. The molecule has 0 bridgehead atoms. The Labute approximate surface area is 125 Å². The Bertz CT molecular complexity index is 736. The van der Waals surface area contributed by atoms with Crippen molar-refractivity contribution in [3.63, 3.8) is 0 Å². The molecule has 6 nitrogen and oxygen atoms in total. The normalized spacial score (nSPS) is 10.5. The van der Waals surface area contributed by atoms with Crippen LogP contribution >= 0.6 is 11.3 Å². The largest absolute Gasteiger partial charge is 0.346 e. The van der Waals surface area contributed by atoms with Crippen LogP contribution in [0.5, 0.6) is 0 Å². The van der Waals surface area contributed by atoms with Gasteiger partial charge in [0.1, 0.15) is 11.4 Å². The lowest BCUT2D eigenvalue weighted by molar-refractivity contribution is 0.0950. The van der Waals surface area contributed by atoms with Gasteiger partial charge in [-0.05, 0) is 17.5 Å². The number of carbonyl (C=O) groups excluding carboxylic acids is 1. The summed E-state index contributed by atoms with van der Waals surface area (Å²) in [5.74, 6) is -0.0847. The first kappa shape index (κ1) is 13.4. The quantitative estimate of drug-likeness (QED) is 0.798. The molecule has 21 heavy (non-hydrogen) atoms. The number of aryl methyl sites for hydroxylation is 1. The van der Waals surface area contributed by atoms with Crippen LogP contribution in [0.15, 0.2) is 41.5 Å². The Morgan fingerprint density at radius 1 is 1.38 bits per heavy atom. The molecule has 1 N–H and O–H groups in total. The molecule has 0 saturated heterocycles. The maximum absolute atomic E-state index is 11.9. The van der Waals surface area contributed by atoms with E-state index in [1.165, 1.54) is 11.3 Å². The summed E-state index contributed by atoms with van der Waals surface area (Å²) >= 11 is 1.50. The molecular formula is C14H13N5OS. The maximum Gasteiger partial charge on any atom is 0.252 e. The van der Waals surface area contributed by atoms with E-state index in [0.29, 0.717) is 17.8 Å². The Hall–Kier alpha value is -2.54. The molecule has 0 spiro atoms. The zero-order chi connectivity index (χ0) is 14.7. The molecule has 0 radical (unpaired) electrons. The van der Waals surface area contributed by atoms with E-state index < -0.39 is 0 Å². The van der Waals surface area contributed by atoms with Gasteiger partial charge in [-0.25, -0.2) is 0 Å². The highest BCUT2D eigenvalue weighted by atomic mass is 32.1. The number of hydrogen-bond acceptors (Lipinski definition) is 5. The van der Waals surface area contributed by atoms with E-state index in [-0.39, 0.29) is 5.91 Å². The first-order valence-corrected chi connectivity index (χ1v) is 7.28. The Balaban J connectivity index is 1.72. The molecule has 106 valence electrons. The van der Waals surface area contributed by atoms with Crippen LogP contribution in [0, 0.1) is 0 Å². The van der Waals surface area contributed by atoms with Gasteiger partial charge in [-0.3, -0.25) is 19.4 Å². The highest BCUT2D eigenvalue weighted by Crippen LogP contribution is 2.15. The van der Waals surface area contributed by atoms with Gasteiger partial charge in [0.25, 0.3) is 5.91 Å². The Kier molecular flexibility index (Phi) is 3.74. The van der Waals surface area contributed by atoms with Crippen LogP contribution < -0.4 is 5.32 Å². The summed E-state index contributed by atoms with van der Waals surface area (Å²) in [6, 6.07) is 3.70. The number of thiophene rings is 1. The minimum Gasteiger partial charge on any atom is -0.346 e. The fourth-order valence-corrected chi connectivity index (χ4v) is 2.53. The molecule has 3 aromatic rings. The molecule has 0 unspecified atom stereocenters. The van der Waals surface area contributed by atoms with Crippen molar-refractivity contribution >= 4 is 17.2 Å². The smallest absolute Gasteiger partial charge is 0.252 e. The van der Waals surface area contributed by atoms with Gasteiger partial charge >= 0.3 is 0 Å². The molecule has 7 heteroatoms. The summed E-state index contributed by atoms with van der Waals surface area (Å²) < 4.78 is 1.73. The first-order chi connectivity index (χ1) is 10.2. The van der Waals surface area contributed by atoms with Crippen LogP contribution in [0.1, 0.15) is 16.1 Å². The molecule has 0 saturated carbocycles. The Morgan fingerprint density at radius 2 is 2.29 bits per heavy atom. The minimum atomic E-state index is -0.0847. The molecule has 0 atom stereocenters. The second-order valence-corrected chi connectivity index (χ2v) is 5.21. The summed E-state index contributed by atoms with van der Waals surface area (Å²) in [7, 11) is 1.84. The molecule has 0 aliphatic rings. The fraction of sp³-hybridized carbons (Fsp3) is 0.143. The number of nitrogens with one attached hydrogen (secondary N) is 1. The molecule has 3 heterocycles. The van der Waals surface area contributed by atoms with Crippen molar-refractivity contribution in [1.82, 2.24) is 25.1 Å². The van der Waals surface area contributed by atoms with Gasteiger partial charge in [-0.1, -0.05) is 0 Å². The van der Waals surface area contributed by atoms with Gasteiger partial charge in [0.05, 0.1) is 18.4 Å². The first-order valence-electron chi connectivity index (χ1n) is 6.34. The molecule has 0 aliphatic carbocycles. The zero-order valence-corrected chi connectivity index (χ0v) is 12.2. The number of hydrogen-bond donors (Lipinski definition) is 1. The summed E-state index contributed by atoms with van der Waals surface area (Å²) in [6.07, 6.45) is 4.91. The lowest BCUT2D eigenvalue weighted by Gasteiger charge is -2.03. The van der Waals surface area contributed by atoms with E-state index in [2.05, 4.69) is 20.4 Å². The molecule has 0 fully saturated rings. The molecule has 0 aliphatic heterocycles. The Morgan fingerprint density at radius 3 is 3.00 bits per heavy atom. The summed E-state index contributed by atoms with van der Waals surface area (Å²) in [4.78, 5) is 20.2. The second kappa shape index (κ2) is 5.84. The van der Waals surface area contributed by atoms with E-state index in [9.17, 15) is 4.79 Å². The molecule has 0 aromatic carbocycles. The van der Waals surface area contributed by atoms with Crippen LogP contribution in [0.2, 0.25) is 0 Å². The maximum atomic E-state index is 11.9. The number of aromatic nitrogens is 4. The van der Waals surface area contributed by atoms with Crippen molar-refractivity contribution in [2.45, 2.75) is 6.54 Å². The van der Waals surface area contributed by atoms with Crippen LogP contribution in [-0.2, 0) is 13.6 Å². The monoisotopic (exact) mass is 299 g/mol. The SMILES string of the molecule is Cn1nc(-c2cnccn2)cc1CNC(=O)c1ccsc1. The van der Waals surface area contributed by atoms with Crippen molar-refractivity contribution in [3.05, 3.63) is 52.7 Å². The fourth-order valence-electron chi connectivity index (χ4n) is 1.89. The van der Waals surface area contributed by atoms with Crippen LogP contribution in [0.4, 0.5) is 0 Å². The topological polar surface area (TPSA) is 72.7 Å².